The first kappa shape index (κ1) is 10.3. The third-order valence-electron chi connectivity index (χ3n) is 2.59. The minimum Gasteiger partial charge on any atom is -0.315 e. The lowest BCUT2D eigenvalue weighted by molar-refractivity contribution is 0.903. The molecular weight excluding hydrogens is 234 g/mol. The number of aryl methyl sites for hydroxylation is 2. The Balaban J connectivity index is 2.34. The van der Waals surface area contributed by atoms with E-state index in [1.807, 2.05) is 30.0 Å². The normalized spacial score (nSPS) is 11.2. The molecule has 0 spiro atoms. The monoisotopic (exact) mass is 245 g/mol. The third kappa shape index (κ3) is 1.61. The number of nitrogens with zero attached hydrogens (tertiary/aromatic N) is 5. The van der Waals surface area contributed by atoms with Gasteiger partial charge >= 0.3 is 0 Å². The molecule has 3 rings (SSSR count). The summed E-state index contributed by atoms with van der Waals surface area (Å²) in [6.07, 6.45) is 2.50. The summed E-state index contributed by atoms with van der Waals surface area (Å²) in [4.78, 5) is 9.07. The summed E-state index contributed by atoms with van der Waals surface area (Å²) in [5.74, 6) is 1.63. The molecule has 3 heterocycles. The lowest BCUT2D eigenvalue weighted by atomic mass is 10.3. The van der Waals surface area contributed by atoms with Gasteiger partial charge in [0.2, 0.25) is 0 Å². The molecule has 0 bridgehead atoms. The molecule has 3 aromatic rings. The second kappa shape index (κ2) is 3.89. The average molecular weight is 245 g/mol. The van der Waals surface area contributed by atoms with Gasteiger partial charge in [-0.3, -0.25) is 0 Å². The summed E-state index contributed by atoms with van der Waals surface area (Å²) in [6.45, 7) is 2.05. The van der Waals surface area contributed by atoms with Gasteiger partial charge in [0.25, 0.3) is 0 Å². The van der Waals surface area contributed by atoms with Crippen molar-refractivity contribution in [2.75, 3.05) is 0 Å². The minimum absolute atomic E-state index is 0.787. The first-order valence-electron chi connectivity index (χ1n) is 5.38. The topological polar surface area (TPSA) is 56.5 Å². The zero-order chi connectivity index (χ0) is 11.8. The molecule has 0 aromatic carbocycles. The van der Waals surface area contributed by atoms with E-state index in [1.165, 1.54) is 0 Å². The van der Waals surface area contributed by atoms with Gasteiger partial charge in [0.05, 0.1) is 10.2 Å². The summed E-state index contributed by atoms with van der Waals surface area (Å²) in [5, 5.41) is 10.0. The summed E-state index contributed by atoms with van der Waals surface area (Å²) in [7, 11) is 1.92. The Morgan fingerprint density at radius 2 is 2.24 bits per heavy atom. The number of hydrogen-bond acceptors (Lipinski definition) is 5. The zero-order valence-corrected chi connectivity index (χ0v) is 10.4. The molecule has 3 aromatic heterocycles. The maximum absolute atomic E-state index is 4.57. The van der Waals surface area contributed by atoms with Crippen LogP contribution in [0.4, 0.5) is 0 Å². The first-order valence-corrected chi connectivity index (χ1v) is 6.26. The van der Waals surface area contributed by atoms with E-state index in [1.54, 1.807) is 17.7 Å². The van der Waals surface area contributed by atoms with Crippen molar-refractivity contribution < 1.29 is 0 Å². The van der Waals surface area contributed by atoms with Crippen molar-refractivity contribution >= 4 is 21.6 Å². The molecule has 0 aliphatic heterocycles. The minimum atomic E-state index is 0.787. The predicted octanol–water partition coefficient (Wildman–Crippen LogP) is 2.05. The van der Waals surface area contributed by atoms with Crippen molar-refractivity contribution in [1.82, 2.24) is 24.7 Å². The zero-order valence-electron chi connectivity index (χ0n) is 9.58. The molecule has 0 saturated heterocycles. The fraction of sp³-hybridized carbons (Fsp3) is 0.273. The van der Waals surface area contributed by atoms with E-state index in [2.05, 4.69) is 20.2 Å². The fourth-order valence-electron chi connectivity index (χ4n) is 1.72. The Labute approximate surface area is 102 Å². The largest absolute Gasteiger partial charge is 0.315 e. The second-order valence-corrected chi connectivity index (χ2v) is 4.66. The molecule has 0 fully saturated rings. The average Bonchev–Trinajstić information content (AvgIpc) is 2.95. The molecule has 0 unspecified atom stereocenters. The molecule has 86 valence electrons. The number of rotatable bonds is 2. The van der Waals surface area contributed by atoms with Crippen LogP contribution in [0.1, 0.15) is 12.7 Å². The Kier molecular flexibility index (Phi) is 2.36. The summed E-state index contributed by atoms with van der Waals surface area (Å²) < 4.78 is 2.94. The van der Waals surface area contributed by atoms with Crippen LogP contribution in [-0.2, 0) is 13.5 Å². The van der Waals surface area contributed by atoms with E-state index in [4.69, 9.17) is 0 Å². The van der Waals surface area contributed by atoms with E-state index in [9.17, 15) is 0 Å². The standard InChI is InChI=1S/C11H11N5S/c1-3-8-13-7-4-5-17-10(7)9(14-8)11-15-12-6-16(11)2/h4-6H,3H2,1-2H3. The van der Waals surface area contributed by atoms with Crippen LogP contribution >= 0.6 is 11.3 Å². The van der Waals surface area contributed by atoms with Crippen LogP contribution in [0.2, 0.25) is 0 Å². The lowest BCUT2D eigenvalue weighted by Crippen LogP contribution is -1.99. The van der Waals surface area contributed by atoms with E-state index >= 15 is 0 Å². The highest BCUT2D eigenvalue weighted by molar-refractivity contribution is 7.17. The predicted molar refractivity (Wildman–Crippen MR) is 66.8 cm³/mol. The van der Waals surface area contributed by atoms with Gasteiger partial charge in [-0.2, -0.15) is 0 Å². The molecule has 5 nitrogen and oxygen atoms in total. The van der Waals surface area contributed by atoms with Crippen LogP contribution < -0.4 is 0 Å². The fourth-order valence-corrected chi connectivity index (χ4v) is 2.53. The van der Waals surface area contributed by atoms with Crippen LogP contribution in [0.3, 0.4) is 0 Å². The maximum Gasteiger partial charge on any atom is 0.183 e. The van der Waals surface area contributed by atoms with Gasteiger partial charge in [0.15, 0.2) is 5.82 Å². The van der Waals surface area contributed by atoms with Gasteiger partial charge in [-0.1, -0.05) is 6.92 Å². The van der Waals surface area contributed by atoms with E-state index in [-0.39, 0.29) is 0 Å². The van der Waals surface area contributed by atoms with Crippen molar-refractivity contribution in [3.63, 3.8) is 0 Å². The van der Waals surface area contributed by atoms with Crippen molar-refractivity contribution in [3.8, 4) is 11.5 Å². The highest BCUT2D eigenvalue weighted by Crippen LogP contribution is 2.28. The molecule has 0 saturated carbocycles. The van der Waals surface area contributed by atoms with Crippen molar-refractivity contribution in [3.05, 3.63) is 23.6 Å². The number of thiophene rings is 1. The Morgan fingerprint density at radius 1 is 1.35 bits per heavy atom. The van der Waals surface area contributed by atoms with Gasteiger partial charge in [0, 0.05) is 13.5 Å². The molecule has 0 aliphatic rings. The van der Waals surface area contributed by atoms with Gasteiger partial charge in [0.1, 0.15) is 17.8 Å². The highest BCUT2D eigenvalue weighted by atomic mass is 32.1. The van der Waals surface area contributed by atoms with Crippen molar-refractivity contribution in [2.45, 2.75) is 13.3 Å². The molecular formula is C11H11N5S. The summed E-state index contributed by atoms with van der Waals surface area (Å²) in [5.41, 5.74) is 1.86. The lowest BCUT2D eigenvalue weighted by Gasteiger charge is -2.03. The smallest absolute Gasteiger partial charge is 0.183 e. The molecule has 0 N–H and O–H groups in total. The number of aromatic nitrogens is 5. The van der Waals surface area contributed by atoms with Crippen molar-refractivity contribution in [1.29, 1.82) is 0 Å². The molecule has 6 heteroatoms. The maximum atomic E-state index is 4.57. The van der Waals surface area contributed by atoms with Crippen LogP contribution in [0.25, 0.3) is 21.7 Å². The molecule has 17 heavy (non-hydrogen) atoms. The Hall–Kier alpha value is -1.82. The summed E-state index contributed by atoms with van der Waals surface area (Å²) in [6, 6.07) is 2.01. The molecule has 0 radical (unpaired) electrons. The van der Waals surface area contributed by atoms with Crippen LogP contribution in [0.5, 0.6) is 0 Å². The van der Waals surface area contributed by atoms with Crippen LogP contribution in [0, 0.1) is 0 Å². The SMILES string of the molecule is CCc1nc(-c2nncn2C)c2sccc2n1. The first-order chi connectivity index (χ1) is 8.29. The van der Waals surface area contributed by atoms with Gasteiger partial charge < -0.3 is 4.57 Å². The van der Waals surface area contributed by atoms with Gasteiger partial charge in [-0.15, -0.1) is 21.5 Å². The molecule has 0 aliphatic carbocycles. The number of hydrogen-bond donors (Lipinski definition) is 0. The van der Waals surface area contributed by atoms with Crippen LogP contribution in [0.15, 0.2) is 17.8 Å². The van der Waals surface area contributed by atoms with E-state index < -0.39 is 0 Å². The van der Waals surface area contributed by atoms with Gasteiger partial charge in [-0.25, -0.2) is 9.97 Å². The quantitative estimate of drug-likeness (QED) is 0.693. The third-order valence-corrected chi connectivity index (χ3v) is 3.50. The van der Waals surface area contributed by atoms with E-state index in [0.29, 0.717) is 0 Å². The summed E-state index contributed by atoms with van der Waals surface area (Å²) >= 11 is 1.63. The van der Waals surface area contributed by atoms with Crippen LogP contribution in [-0.4, -0.2) is 24.7 Å². The Bertz CT molecular complexity index is 669. The van der Waals surface area contributed by atoms with E-state index in [0.717, 1.165) is 34.0 Å². The highest BCUT2D eigenvalue weighted by Gasteiger charge is 2.14. The molecule has 0 atom stereocenters. The molecule has 0 amide bonds. The number of fused-ring (bicyclic) bond motifs is 1. The van der Waals surface area contributed by atoms with Gasteiger partial charge in [-0.05, 0) is 11.4 Å². The van der Waals surface area contributed by atoms with Crippen molar-refractivity contribution in [2.24, 2.45) is 7.05 Å². The second-order valence-electron chi connectivity index (χ2n) is 3.74. The Morgan fingerprint density at radius 3 is 2.94 bits per heavy atom.